The van der Waals surface area contributed by atoms with Crippen molar-refractivity contribution in [3.63, 3.8) is 0 Å². The van der Waals surface area contributed by atoms with Crippen molar-refractivity contribution in [3.8, 4) is 0 Å². The van der Waals surface area contributed by atoms with E-state index in [1.807, 2.05) is 42.5 Å². The molecule has 0 saturated carbocycles. The van der Waals surface area contributed by atoms with Gasteiger partial charge in [-0.25, -0.2) is 4.79 Å². The van der Waals surface area contributed by atoms with Crippen LogP contribution in [0.5, 0.6) is 0 Å². The molecule has 27 heavy (non-hydrogen) atoms. The van der Waals surface area contributed by atoms with Gasteiger partial charge in [-0.2, -0.15) is 0 Å². The minimum atomic E-state index is -0.264. The number of carbonyl (C=O) groups is 1. The fourth-order valence-corrected chi connectivity index (χ4v) is 5.16. The second-order valence-electron chi connectivity index (χ2n) is 8.79. The van der Waals surface area contributed by atoms with Crippen molar-refractivity contribution in [2.45, 2.75) is 65.2 Å². The molecule has 0 spiro atoms. The maximum atomic E-state index is 11.8. The van der Waals surface area contributed by atoms with Gasteiger partial charge < -0.3 is 4.74 Å². The van der Waals surface area contributed by atoms with Gasteiger partial charge in [0.15, 0.2) is 0 Å². The summed E-state index contributed by atoms with van der Waals surface area (Å²) in [5.41, 5.74) is 5.00. The van der Waals surface area contributed by atoms with Gasteiger partial charge in [-0.05, 0) is 72.4 Å². The van der Waals surface area contributed by atoms with Crippen molar-refractivity contribution >= 4 is 29.0 Å². The van der Waals surface area contributed by atoms with Gasteiger partial charge in [-0.15, -0.1) is 11.3 Å². The molecule has 1 aliphatic carbocycles. The topological polar surface area (TPSA) is 26.3 Å². The number of thiophene rings is 1. The predicted molar refractivity (Wildman–Crippen MR) is 116 cm³/mol. The van der Waals surface area contributed by atoms with Gasteiger partial charge in [0.1, 0.15) is 0 Å². The smallest absolute Gasteiger partial charge is 0.338 e. The number of ether oxygens (including phenoxy) is 1. The third-order valence-corrected chi connectivity index (χ3v) is 7.28. The lowest BCUT2D eigenvalue weighted by molar-refractivity contribution is 0.0526. The second-order valence-corrected chi connectivity index (χ2v) is 9.84. The molecular weight excluding hydrogens is 352 g/mol. The molecule has 0 amide bonds. The van der Waals surface area contributed by atoms with Gasteiger partial charge in [0.25, 0.3) is 0 Å². The van der Waals surface area contributed by atoms with Crippen molar-refractivity contribution in [3.05, 3.63) is 56.8 Å². The summed E-state index contributed by atoms with van der Waals surface area (Å²) in [5.74, 6) is -0.264. The number of fused-ring (bicyclic) bond motifs is 1. The van der Waals surface area contributed by atoms with Crippen LogP contribution in [0.15, 0.2) is 30.3 Å². The number of allylic oxidation sites excluding steroid dienone is 1. The van der Waals surface area contributed by atoms with Crippen molar-refractivity contribution in [2.24, 2.45) is 0 Å². The van der Waals surface area contributed by atoms with Crippen molar-refractivity contribution < 1.29 is 9.53 Å². The first kappa shape index (κ1) is 19.9. The Bertz CT molecular complexity index is 833. The van der Waals surface area contributed by atoms with Crippen LogP contribution in [-0.4, -0.2) is 12.6 Å². The third kappa shape index (κ3) is 4.03. The first-order chi connectivity index (χ1) is 12.6. The van der Waals surface area contributed by atoms with Gasteiger partial charge in [0.2, 0.25) is 0 Å². The molecule has 2 aromatic rings. The Kier molecular flexibility index (Phi) is 5.36. The van der Waals surface area contributed by atoms with Crippen molar-refractivity contribution in [2.75, 3.05) is 6.61 Å². The Hall–Kier alpha value is -1.87. The van der Waals surface area contributed by atoms with Gasteiger partial charge >= 0.3 is 5.97 Å². The number of hydrogen-bond donors (Lipinski definition) is 0. The Labute approximate surface area is 167 Å². The van der Waals surface area contributed by atoms with Crippen LogP contribution < -0.4 is 0 Å². The molecule has 0 unspecified atom stereocenters. The summed E-state index contributed by atoms with van der Waals surface area (Å²) in [6.07, 6.45) is 4.68. The van der Waals surface area contributed by atoms with Crippen LogP contribution in [-0.2, 0) is 15.6 Å². The Morgan fingerprint density at radius 2 is 1.74 bits per heavy atom. The third-order valence-electron chi connectivity index (χ3n) is 5.64. The van der Waals surface area contributed by atoms with Crippen molar-refractivity contribution in [1.82, 2.24) is 0 Å². The largest absolute Gasteiger partial charge is 0.462 e. The van der Waals surface area contributed by atoms with Crippen LogP contribution >= 0.6 is 11.3 Å². The molecular formula is C24H30O2S. The maximum absolute atomic E-state index is 11.8. The summed E-state index contributed by atoms with van der Waals surface area (Å²) in [4.78, 5) is 14.7. The molecule has 1 aliphatic rings. The van der Waals surface area contributed by atoms with E-state index in [2.05, 4.69) is 46.8 Å². The predicted octanol–water partition coefficient (Wildman–Crippen LogP) is 6.83. The zero-order chi connectivity index (χ0) is 19.8. The first-order valence-electron chi connectivity index (χ1n) is 9.75. The standard InChI is InChI=1S/C24H30O2S/c1-7-26-22(25)18-10-8-17(9-11-18)14-16(2)20-15-19-21(27-20)24(5,6)13-12-23(19,3)4/h8-11,14-15H,7,12-13H2,1-6H3. The number of hydrogen-bond acceptors (Lipinski definition) is 3. The zero-order valence-corrected chi connectivity index (χ0v) is 18.1. The molecule has 1 aromatic carbocycles. The number of rotatable bonds is 4. The summed E-state index contributed by atoms with van der Waals surface area (Å²) >= 11 is 1.94. The van der Waals surface area contributed by atoms with E-state index in [0.717, 1.165) is 5.56 Å². The molecule has 0 radical (unpaired) electrons. The average molecular weight is 383 g/mol. The summed E-state index contributed by atoms with van der Waals surface area (Å²) < 4.78 is 5.05. The van der Waals surface area contributed by atoms with E-state index in [1.54, 1.807) is 4.88 Å². The van der Waals surface area contributed by atoms with Crippen LogP contribution in [0.25, 0.3) is 11.6 Å². The zero-order valence-electron chi connectivity index (χ0n) is 17.3. The van der Waals surface area contributed by atoms with E-state index < -0.39 is 0 Å². The van der Waals surface area contributed by atoms with Crippen LogP contribution in [0.4, 0.5) is 0 Å². The van der Waals surface area contributed by atoms with Gasteiger partial charge in [-0.3, -0.25) is 0 Å². The highest BCUT2D eigenvalue weighted by molar-refractivity contribution is 7.13. The van der Waals surface area contributed by atoms with Gasteiger partial charge in [0.05, 0.1) is 12.2 Å². The van der Waals surface area contributed by atoms with E-state index in [1.165, 1.54) is 28.9 Å². The molecule has 0 N–H and O–H groups in total. The first-order valence-corrected chi connectivity index (χ1v) is 10.6. The molecule has 1 aromatic heterocycles. The number of benzene rings is 1. The molecule has 144 valence electrons. The van der Waals surface area contributed by atoms with Crippen LogP contribution in [0, 0.1) is 0 Å². The monoisotopic (exact) mass is 382 g/mol. The van der Waals surface area contributed by atoms with Crippen LogP contribution in [0.1, 0.15) is 85.6 Å². The lowest BCUT2D eigenvalue weighted by atomic mass is 9.67. The normalized spacial score (nSPS) is 18.1. The van der Waals surface area contributed by atoms with Gasteiger partial charge in [0, 0.05) is 9.75 Å². The lowest BCUT2D eigenvalue weighted by Crippen LogP contribution is -2.31. The van der Waals surface area contributed by atoms with E-state index in [0.29, 0.717) is 12.2 Å². The van der Waals surface area contributed by atoms with E-state index in [4.69, 9.17) is 4.74 Å². The Morgan fingerprint density at radius 3 is 2.33 bits per heavy atom. The molecule has 0 fully saturated rings. The maximum Gasteiger partial charge on any atom is 0.338 e. The fraction of sp³-hybridized carbons (Fsp3) is 0.458. The highest BCUT2D eigenvalue weighted by Crippen LogP contribution is 2.50. The van der Waals surface area contributed by atoms with E-state index >= 15 is 0 Å². The summed E-state index contributed by atoms with van der Waals surface area (Å²) in [5, 5.41) is 0. The summed E-state index contributed by atoms with van der Waals surface area (Å²) in [7, 11) is 0. The minimum absolute atomic E-state index is 0.251. The second kappa shape index (κ2) is 7.27. The van der Waals surface area contributed by atoms with Crippen molar-refractivity contribution in [1.29, 1.82) is 0 Å². The summed E-state index contributed by atoms with van der Waals surface area (Å²) in [6, 6.07) is 10.0. The average Bonchev–Trinajstić information content (AvgIpc) is 3.08. The van der Waals surface area contributed by atoms with Crippen LogP contribution in [0.3, 0.4) is 0 Å². The molecule has 2 nitrogen and oxygen atoms in total. The molecule has 3 rings (SSSR count). The fourth-order valence-electron chi connectivity index (χ4n) is 3.71. The SMILES string of the molecule is CCOC(=O)c1ccc(C=C(C)c2cc3c(s2)C(C)(C)CCC3(C)C)cc1. The van der Waals surface area contributed by atoms with E-state index in [9.17, 15) is 4.79 Å². The van der Waals surface area contributed by atoms with E-state index in [-0.39, 0.29) is 16.8 Å². The molecule has 0 atom stereocenters. The van der Waals surface area contributed by atoms with Crippen LogP contribution in [0.2, 0.25) is 0 Å². The van der Waals surface area contributed by atoms with Gasteiger partial charge in [-0.1, -0.05) is 45.9 Å². The summed E-state index contributed by atoms with van der Waals surface area (Å²) in [6.45, 7) is 13.9. The highest BCUT2D eigenvalue weighted by atomic mass is 32.1. The molecule has 0 aliphatic heterocycles. The molecule has 0 bridgehead atoms. The molecule has 3 heteroatoms. The Balaban J connectivity index is 1.89. The Morgan fingerprint density at radius 1 is 1.11 bits per heavy atom. The minimum Gasteiger partial charge on any atom is -0.462 e. The molecule has 0 saturated heterocycles. The lowest BCUT2D eigenvalue weighted by Gasteiger charge is -2.39. The number of carbonyl (C=O) groups excluding carboxylic acids is 1. The quantitative estimate of drug-likeness (QED) is 0.541. The number of esters is 1. The molecule has 1 heterocycles. The highest BCUT2D eigenvalue weighted by Gasteiger charge is 2.38.